The smallest absolute Gasteiger partial charge is 0.264 e. The Labute approximate surface area is 158 Å². The second-order valence-corrected chi connectivity index (χ2v) is 10.5. The van der Waals surface area contributed by atoms with E-state index >= 15 is 0 Å². The Balaban J connectivity index is 0.000000260. The first-order chi connectivity index (χ1) is 12.1. The molecule has 0 radical (unpaired) electrons. The fraction of sp³-hybridized carbons (Fsp3) is 0.778. The van der Waals surface area contributed by atoms with E-state index in [1.807, 2.05) is 12.2 Å². The maximum Gasteiger partial charge on any atom is 0.264 e. The predicted molar refractivity (Wildman–Crippen MR) is 104 cm³/mol. The van der Waals surface area contributed by atoms with Gasteiger partial charge in [0.2, 0.25) is 0 Å². The Hall–Kier alpha value is -0.700. The van der Waals surface area contributed by atoms with Crippen LogP contribution in [0, 0.1) is 23.7 Å². The van der Waals surface area contributed by atoms with Crippen molar-refractivity contribution in [3.05, 3.63) is 25.3 Å². The molecule has 0 heterocycles. The lowest BCUT2D eigenvalue weighted by Crippen LogP contribution is -2.14. The van der Waals surface area contributed by atoms with E-state index < -0.39 is 20.2 Å². The Kier molecular flexibility index (Phi) is 9.50. The molecule has 2 aliphatic carbocycles. The van der Waals surface area contributed by atoms with Gasteiger partial charge in [-0.3, -0.25) is 8.37 Å². The molecule has 0 N–H and O–H groups in total. The summed E-state index contributed by atoms with van der Waals surface area (Å²) in [7, 11) is -6.56. The third-order valence-electron chi connectivity index (χ3n) is 4.51. The fourth-order valence-corrected chi connectivity index (χ4v) is 3.62. The molecule has 2 aliphatic rings. The second-order valence-electron chi connectivity index (χ2n) is 7.22. The highest BCUT2D eigenvalue weighted by Gasteiger charge is 2.31. The lowest BCUT2D eigenvalue weighted by molar-refractivity contribution is 0.239. The molecule has 26 heavy (non-hydrogen) atoms. The Morgan fingerprint density at radius 1 is 0.808 bits per heavy atom. The van der Waals surface area contributed by atoms with Gasteiger partial charge >= 0.3 is 0 Å². The van der Waals surface area contributed by atoms with Crippen molar-refractivity contribution in [1.82, 2.24) is 0 Å². The SMILES string of the molecule is C=CC[C@@H](COS(C)(=O)=O)C1CC1.C=CC[C@H](COS(C)(=O)=O)C1CC1. The molecule has 0 spiro atoms. The molecule has 2 rings (SSSR count). The van der Waals surface area contributed by atoms with Crippen molar-refractivity contribution in [2.45, 2.75) is 38.5 Å². The van der Waals surface area contributed by atoms with E-state index in [2.05, 4.69) is 13.2 Å². The zero-order valence-corrected chi connectivity index (χ0v) is 17.4. The Morgan fingerprint density at radius 2 is 1.12 bits per heavy atom. The van der Waals surface area contributed by atoms with Crippen LogP contribution in [0.1, 0.15) is 38.5 Å². The zero-order valence-electron chi connectivity index (χ0n) is 15.8. The zero-order chi connectivity index (χ0) is 19.8. The van der Waals surface area contributed by atoms with E-state index in [1.165, 1.54) is 25.7 Å². The summed E-state index contributed by atoms with van der Waals surface area (Å²) in [6, 6.07) is 0. The number of allylic oxidation sites excluding steroid dienone is 2. The van der Waals surface area contributed by atoms with E-state index in [1.54, 1.807) is 0 Å². The van der Waals surface area contributed by atoms with Gasteiger partial charge in [0.05, 0.1) is 25.7 Å². The van der Waals surface area contributed by atoms with Crippen LogP contribution in [0.3, 0.4) is 0 Å². The van der Waals surface area contributed by atoms with E-state index in [-0.39, 0.29) is 0 Å². The van der Waals surface area contributed by atoms with Crippen molar-refractivity contribution in [3.63, 3.8) is 0 Å². The maximum absolute atomic E-state index is 10.7. The normalized spacial score (nSPS) is 19.8. The summed E-state index contributed by atoms with van der Waals surface area (Å²) in [6.45, 7) is 7.93. The number of rotatable bonds is 12. The highest BCUT2D eigenvalue weighted by atomic mass is 32.2. The van der Waals surface area contributed by atoms with E-state index in [0.29, 0.717) is 36.9 Å². The summed E-state index contributed by atoms with van der Waals surface area (Å²) in [6.07, 6.45) is 12.3. The van der Waals surface area contributed by atoms with Crippen molar-refractivity contribution in [1.29, 1.82) is 0 Å². The van der Waals surface area contributed by atoms with Gasteiger partial charge in [-0.25, -0.2) is 0 Å². The van der Waals surface area contributed by atoms with Gasteiger partial charge in [0.1, 0.15) is 0 Å². The fourth-order valence-electron chi connectivity index (χ4n) is 2.78. The lowest BCUT2D eigenvalue weighted by Gasteiger charge is -2.12. The first kappa shape index (κ1) is 23.3. The summed E-state index contributed by atoms with van der Waals surface area (Å²) in [5.41, 5.74) is 0. The standard InChI is InChI=1S/2C9H16O3S/c2*1-3-4-9(8-5-6-8)7-12-13(2,10)11/h2*3,8-9H,1,4-7H2,2H3/t2*9-/m10/s1. The molecular weight excluding hydrogens is 376 g/mol. The van der Waals surface area contributed by atoms with Crippen LogP contribution in [0.4, 0.5) is 0 Å². The predicted octanol–water partition coefficient (Wildman–Crippen LogP) is 3.13. The molecule has 0 unspecified atom stereocenters. The van der Waals surface area contributed by atoms with Gasteiger partial charge in [-0.2, -0.15) is 16.8 Å². The van der Waals surface area contributed by atoms with Crippen molar-refractivity contribution in [3.8, 4) is 0 Å². The molecule has 0 aromatic rings. The molecular formula is C18H32O6S2. The van der Waals surface area contributed by atoms with E-state index in [9.17, 15) is 16.8 Å². The quantitative estimate of drug-likeness (QED) is 0.364. The molecule has 0 bridgehead atoms. The molecule has 0 amide bonds. The number of hydrogen-bond donors (Lipinski definition) is 0. The topological polar surface area (TPSA) is 86.7 Å². The minimum absolute atomic E-state index is 0.315. The van der Waals surface area contributed by atoms with Gasteiger partial charge < -0.3 is 0 Å². The third kappa shape index (κ3) is 11.8. The van der Waals surface area contributed by atoms with Crippen molar-refractivity contribution < 1.29 is 25.2 Å². The second kappa shape index (κ2) is 10.6. The molecule has 2 fully saturated rings. The van der Waals surface area contributed by atoms with Crippen LogP contribution in [0.2, 0.25) is 0 Å². The van der Waals surface area contributed by atoms with Crippen LogP contribution in [0.15, 0.2) is 25.3 Å². The van der Waals surface area contributed by atoms with Gasteiger partial charge in [-0.05, 0) is 62.2 Å². The third-order valence-corrected chi connectivity index (χ3v) is 5.64. The van der Waals surface area contributed by atoms with Gasteiger partial charge in [-0.1, -0.05) is 12.2 Å². The van der Waals surface area contributed by atoms with Crippen LogP contribution < -0.4 is 0 Å². The first-order valence-corrected chi connectivity index (χ1v) is 12.6. The van der Waals surface area contributed by atoms with Gasteiger partial charge in [0, 0.05) is 0 Å². The summed E-state index contributed by atoms with van der Waals surface area (Å²) in [4.78, 5) is 0. The van der Waals surface area contributed by atoms with Crippen molar-refractivity contribution >= 4 is 20.2 Å². The van der Waals surface area contributed by atoms with Crippen LogP contribution in [-0.4, -0.2) is 42.6 Å². The molecule has 152 valence electrons. The van der Waals surface area contributed by atoms with Gasteiger partial charge in [-0.15, -0.1) is 13.2 Å². The molecule has 0 saturated heterocycles. The molecule has 0 aromatic carbocycles. The van der Waals surface area contributed by atoms with Crippen LogP contribution in [0.25, 0.3) is 0 Å². The summed E-state index contributed by atoms with van der Waals surface area (Å²) >= 11 is 0. The maximum atomic E-state index is 10.7. The van der Waals surface area contributed by atoms with Gasteiger partial charge in [0.15, 0.2) is 0 Å². The van der Waals surface area contributed by atoms with E-state index in [4.69, 9.17) is 8.37 Å². The molecule has 6 nitrogen and oxygen atoms in total. The van der Waals surface area contributed by atoms with E-state index in [0.717, 1.165) is 25.4 Å². The van der Waals surface area contributed by atoms with Crippen molar-refractivity contribution in [2.24, 2.45) is 23.7 Å². The van der Waals surface area contributed by atoms with Crippen LogP contribution >= 0.6 is 0 Å². The first-order valence-electron chi connectivity index (χ1n) is 8.96. The Morgan fingerprint density at radius 3 is 1.31 bits per heavy atom. The summed E-state index contributed by atoms with van der Waals surface area (Å²) in [5.74, 6) is 1.99. The van der Waals surface area contributed by atoms with Gasteiger partial charge in [0.25, 0.3) is 20.2 Å². The monoisotopic (exact) mass is 408 g/mol. The lowest BCUT2D eigenvalue weighted by atomic mass is 10.0. The molecule has 8 heteroatoms. The minimum atomic E-state index is -3.28. The van der Waals surface area contributed by atoms with Crippen LogP contribution in [-0.2, 0) is 28.6 Å². The average molecular weight is 409 g/mol. The minimum Gasteiger partial charge on any atom is -0.270 e. The molecule has 2 atom stereocenters. The molecule has 0 aromatic heterocycles. The van der Waals surface area contributed by atoms with Crippen LogP contribution in [0.5, 0.6) is 0 Å². The largest absolute Gasteiger partial charge is 0.270 e. The average Bonchev–Trinajstić information content (AvgIpc) is 3.37. The molecule has 2 saturated carbocycles. The summed E-state index contributed by atoms with van der Waals surface area (Å²) < 4.78 is 52.5. The number of hydrogen-bond acceptors (Lipinski definition) is 6. The molecule has 0 aliphatic heterocycles. The highest BCUT2D eigenvalue weighted by molar-refractivity contribution is 7.86. The Bertz CT molecular complexity index is 587. The summed E-state index contributed by atoms with van der Waals surface area (Å²) in [5, 5.41) is 0. The highest BCUT2D eigenvalue weighted by Crippen LogP contribution is 2.39. The van der Waals surface area contributed by atoms with Crippen molar-refractivity contribution in [2.75, 3.05) is 25.7 Å².